The molecule has 2 aromatic carbocycles. The first kappa shape index (κ1) is 28.8. The first-order valence-corrected chi connectivity index (χ1v) is 13.1. The maximum atomic E-state index is 13.3. The SMILES string of the molecule is CCOC(=O)C1=C(CN2CCN(C(=O)c3ccc(OC)cc3)CC2)N(C)C(=O)NC1c1ccc(OC)c(OC)c1. The molecule has 2 aromatic rings. The predicted molar refractivity (Wildman–Crippen MR) is 148 cm³/mol. The Hall–Kier alpha value is -4.25. The van der Waals surface area contributed by atoms with Gasteiger partial charge in [0, 0.05) is 51.0 Å². The van der Waals surface area contributed by atoms with Crippen molar-refractivity contribution in [2.24, 2.45) is 0 Å². The van der Waals surface area contributed by atoms with Gasteiger partial charge in [-0.3, -0.25) is 14.6 Å². The molecule has 0 aliphatic carbocycles. The van der Waals surface area contributed by atoms with Crippen molar-refractivity contribution in [2.75, 3.05) is 67.7 Å². The topological polar surface area (TPSA) is 110 Å². The van der Waals surface area contributed by atoms with E-state index in [-0.39, 0.29) is 18.5 Å². The van der Waals surface area contributed by atoms with Gasteiger partial charge in [0.05, 0.1) is 39.6 Å². The molecular formula is C29H36N4O7. The third kappa shape index (κ3) is 5.99. The summed E-state index contributed by atoms with van der Waals surface area (Å²) in [7, 11) is 6.29. The van der Waals surface area contributed by atoms with E-state index in [0.29, 0.717) is 72.4 Å². The lowest BCUT2D eigenvalue weighted by molar-refractivity contribution is -0.139. The van der Waals surface area contributed by atoms with Crippen molar-refractivity contribution >= 4 is 17.9 Å². The normalized spacial score (nSPS) is 17.8. The average molecular weight is 553 g/mol. The molecule has 40 heavy (non-hydrogen) atoms. The number of ether oxygens (including phenoxy) is 4. The number of nitrogens with zero attached hydrogens (tertiary/aromatic N) is 3. The number of esters is 1. The number of amides is 3. The fraction of sp³-hybridized carbons (Fsp3) is 0.414. The summed E-state index contributed by atoms with van der Waals surface area (Å²) in [5.74, 6) is 1.16. The molecule has 1 unspecified atom stereocenters. The summed E-state index contributed by atoms with van der Waals surface area (Å²) in [6, 6.07) is 11.2. The second kappa shape index (κ2) is 12.7. The highest BCUT2D eigenvalue weighted by molar-refractivity contribution is 5.95. The predicted octanol–water partition coefficient (Wildman–Crippen LogP) is 2.68. The second-order valence-electron chi connectivity index (χ2n) is 9.43. The van der Waals surface area contributed by atoms with Crippen LogP contribution in [-0.2, 0) is 9.53 Å². The number of carbonyl (C=O) groups excluding carboxylic acids is 3. The van der Waals surface area contributed by atoms with Crippen LogP contribution in [0.4, 0.5) is 4.79 Å². The minimum Gasteiger partial charge on any atom is -0.497 e. The van der Waals surface area contributed by atoms with Crippen LogP contribution in [0.15, 0.2) is 53.7 Å². The standard InChI is InChI=1S/C29H36N4O7/c1-6-40-28(35)25-22(31(2)29(36)30-26(25)20-9-12-23(38-4)24(17-20)39-5)18-32-13-15-33(16-14-32)27(34)19-7-10-21(37-3)11-8-19/h7-12,17,26H,6,13-16,18H2,1-5H3,(H,30,36). The number of hydrogen-bond donors (Lipinski definition) is 1. The quantitative estimate of drug-likeness (QED) is 0.473. The largest absolute Gasteiger partial charge is 0.497 e. The number of likely N-dealkylation sites (N-methyl/N-ethyl adjacent to an activating group) is 1. The molecule has 1 atom stereocenters. The maximum Gasteiger partial charge on any atom is 0.338 e. The zero-order valence-electron chi connectivity index (χ0n) is 23.6. The smallest absolute Gasteiger partial charge is 0.338 e. The third-order valence-electron chi connectivity index (χ3n) is 7.18. The zero-order valence-corrected chi connectivity index (χ0v) is 23.6. The Kier molecular flexibility index (Phi) is 9.15. The molecule has 0 saturated carbocycles. The number of piperazine rings is 1. The first-order valence-electron chi connectivity index (χ1n) is 13.1. The molecule has 11 nitrogen and oxygen atoms in total. The van der Waals surface area contributed by atoms with E-state index in [9.17, 15) is 14.4 Å². The maximum absolute atomic E-state index is 13.3. The molecule has 1 fully saturated rings. The van der Waals surface area contributed by atoms with E-state index in [1.165, 1.54) is 12.0 Å². The first-order chi connectivity index (χ1) is 19.3. The Bertz CT molecular complexity index is 1270. The van der Waals surface area contributed by atoms with Crippen molar-refractivity contribution in [3.05, 3.63) is 64.9 Å². The highest BCUT2D eigenvalue weighted by Crippen LogP contribution is 2.36. The molecule has 4 rings (SSSR count). The van der Waals surface area contributed by atoms with Gasteiger partial charge in [-0.1, -0.05) is 6.07 Å². The van der Waals surface area contributed by atoms with E-state index in [0.717, 1.165) is 0 Å². The molecule has 0 radical (unpaired) electrons. The van der Waals surface area contributed by atoms with E-state index < -0.39 is 12.0 Å². The van der Waals surface area contributed by atoms with Gasteiger partial charge in [0.2, 0.25) is 0 Å². The molecule has 0 spiro atoms. The minimum atomic E-state index is -0.740. The lowest BCUT2D eigenvalue weighted by Gasteiger charge is -2.39. The molecule has 1 N–H and O–H groups in total. The molecule has 2 heterocycles. The Balaban J connectivity index is 1.58. The van der Waals surface area contributed by atoms with Gasteiger partial charge in [-0.05, 0) is 48.9 Å². The molecular weight excluding hydrogens is 516 g/mol. The van der Waals surface area contributed by atoms with E-state index in [1.54, 1.807) is 70.7 Å². The van der Waals surface area contributed by atoms with Gasteiger partial charge in [-0.2, -0.15) is 0 Å². The van der Waals surface area contributed by atoms with Gasteiger partial charge in [0.15, 0.2) is 11.5 Å². The number of nitrogens with one attached hydrogen (secondary N) is 1. The van der Waals surface area contributed by atoms with Crippen molar-refractivity contribution < 1.29 is 33.3 Å². The summed E-state index contributed by atoms with van der Waals surface area (Å²) >= 11 is 0. The molecule has 0 aromatic heterocycles. The van der Waals surface area contributed by atoms with Crippen molar-refractivity contribution in [2.45, 2.75) is 13.0 Å². The molecule has 2 aliphatic rings. The van der Waals surface area contributed by atoms with Gasteiger partial charge in [-0.25, -0.2) is 9.59 Å². The van der Waals surface area contributed by atoms with Crippen LogP contribution in [0.5, 0.6) is 17.2 Å². The van der Waals surface area contributed by atoms with Crippen molar-refractivity contribution in [3.63, 3.8) is 0 Å². The number of hydrogen-bond acceptors (Lipinski definition) is 8. The fourth-order valence-corrected chi connectivity index (χ4v) is 4.92. The van der Waals surface area contributed by atoms with E-state index in [2.05, 4.69) is 10.2 Å². The van der Waals surface area contributed by atoms with Gasteiger partial charge in [0.1, 0.15) is 5.75 Å². The van der Waals surface area contributed by atoms with Gasteiger partial charge in [-0.15, -0.1) is 0 Å². The highest BCUT2D eigenvalue weighted by atomic mass is 16.5. The summed E-state index contributed by atoms with van der Waals surface area (Å²) < 4.78 is 21.4. The van der Waals surface area contributed by atoms with E-state index in [1.807, 2.05) is 4.90 Å². The number of rotatable bonds is 9. The third-order valence-corrected chi connectivity index (χ3v) is 7.18. The van der Waals surface area contributed by atoms with Gasteiger partial charge < -0.3 is 29.2 Å². The summed E-state index contributed by atoms with van der Waals surface area (Å²) in [4.78, 5) is 44.8. The lowest BCUT2D eigenvalue weighted by Crippen LogP contribution is -2.53. The summed E-state index contributed by atoms with van der Waals surface area (Å²) in [5.41, 5.74) is 2.17. The number of urea groups is 1. The van der Waals surface area contributed by atoms with Crippen LogP contribution >= 0.6 is 0 Å². The summed E-state index contributed by atoms with van der Waals surface area (Å²) in [6.07, 6.45) is 0. The molecule has 214 valence electrons. The second-order valence-corrected chi connectivity index (χ2v) is 9.43. The minimum absolute atomic E-state index is 0.0450. The fourth-order valence-electron chi connectivity index (χ4n) is 4.92. The highest BCUT2D eigenvalue weighted by Gasteiger charge is 2.38. The van der Waals surface area contributed by atoms with E-state index >= 15 is 0 Å². The Morgan fingerprint density at radius 3 is 2.20 bits per heavy atom. The molecule has 3 amide bonds. The van der Waals surface area contributed by atoms with Crippen LogP contribution in [0.3, 0.4) is 0 Å². The lowest BCUT2D eigenvalue weighted by atomic mass is 9.94. The number of carbonyl (C=O) groups is 3. The molecule has 0 bridgehead atoms. The monoisotopic (exact) mass is 552 g/mol. The Morgan fingerprint density at radius 2 is 1.60 bits per heavy atom. The van der Waals surface area contributed by atoms with Gasteiger partial charge in [0.25, 0.3) is 5.91 Å². The zero-order chi connectivity index (χ0) is 28.8. The van der Waals surface area contributed by atoms with Crippen molar-refractivity contribution in [1.29, 1.82) is 0 Å². The summed E-state index contributed by atoms with van der Waals surface area (Å²) in [5, 5.41) is 2.93. The van der Waals surface area contributed by atoms with Crippen LogP contribution in [0.2, 0.25) is 0 Å². The van der Waals surface area contributed by atoms with E-state index in [4.69, 9.17) is 18.9 Å². The summed E-state index contributed by atoms with van der Waals surface area (Å²) in [6.45, 7) is 4.47. The van der Waals surface area contributed by atoms with Crippen molar-refractivity contribution in [3.8, 4) is 17.2 Å². The van der Waals surface area contributed by atoms with Crippen LogP contribution in [0.25, 0.3) is 0 Å². The van der Waals surface area contributed by atoms with Gasteiger partial charge >= 0.3 is 12.0 Å². The average Bonchev–Trinajstić information content (AvgIpc) is 2.99. The number of benzene rings is 2. The van der Waals surface area contributed by atoms with Crippen molar-refractivity contribution in [1.82, 2.24) is 20.0 Å². The van der Waals surface area contributed by atoms with Crippen LogP contribution in [0, 0.1) is 0 Å². The molecule has 11 heteroatoms. The number of methoxy groups -OCH3 is 3. The molecule has 1 saturated heterocycles. The molecule has 2 aliphatic heterocycles. The Morgan fingerprint density at radius 1 is 0.925 bits per heavy atom. The van der Waals surface area contributed by atoms with Crippen LogP contribution < -0.4 is 19.5 Å². The van der Waals surface area contributed by atoms with Crippen LogP contribution in [-0.4, -0.2) is 100 Å². The Labute approximate surface area is 234 Å². The van der Waals surface area contributed by atoms with Crippen LogP contribution in [0.1, 0.15) is 28.9 Å².